The monoisotopic (exact) mass is 293 g/mol. The SMILES string of the molecule is N[C@@H](CCO)c1ccc(I)c(O)c1. The second-order valence-corrected chi connectivity index (χ2v) is 3.99. The summed E-state index contributed by atoms with van der Waals surface area (Å²) in [6.45, 7) is 0.0634. The Kier molecular flexibility index (Phi) is 3.95. The predicted octanol–water partition coefficient (Wildman–Crippen LogP) is 1.38. The van der Waals surface area contributed by atoms with E-state index in [1.165, 1.54) is 0 Å². The first-order chi connectivity index (χ1) is 6.15. The summed E-state index contributed by atoms with van der Waals surface area (Å²) in [5.41, 5.74) is 6.60. The van der Waals surface area contributed by atoms with Crippen LogP contribution in [0.4, 0.5) is 0 Å². The summed E-state index contributed by atoms with van der Waals surface area (Å²) >= 11 is 2.05. The van der Waals surface area contributed by atoms with Crippen molar-refractivity contribution in [3.05, 3.63) is 27.3 Å². The lowest BCUT2D eigenvalue weighted by atomic mass is 10.1. The molecule has 0 amide bonds. The summed E-state index contributed by atoms with van der Waals surface area (Å²) < 4.78 is 0.803. The minimum atomic E-state index is -0.201. The standard InChI is InChI=1S/C9H12INO2/c10-7-2-1-6(5-9(7)13)8(11)3-4-12/h1-2,5,8,12-13H,3-4,11H2/t8-/m0/s1. The molecule has 3 nitrogen and oxygen atoms in total. The topological polar surface area (TPSA) is 66.5 Å². The number of phenols is 1. The van der Waals surface area contributed by atoms with Crippen molar-refractivity contribution >= 4 is 22.6 Å². The highest BCUT2D eigenvalue weighted by Gasteiger charge is 2.07. The molecule has 0 spiro atoms. The normalized spacial score (nSPS) is 12.8. The molecule has 0 aliphatic carbocycles. The minimum absolute atomic E-state index is 0.0634. The third-order valence-electron chi connectivity index (χ3n) is 1.84. The molecule has 0 saturated heterocycles. The highest BCUT2D eigenvalue weighted by molar-refractivity contribution is 14.1. The number of rotatable bonds is 3. The van der Waals surface area contributed by atoms with Crippen LogP contribution in [0.2, 0.25) is 0 Å². The number of aromatic hydroxyl groups is 1. The van der Waals surface area contributed by atoms with Crippen LogP contribution >= 0.6 is 22.6 Å². The highest BCUT2D eigenvalue weighted by atomic mass is 127. The minimum Gasteiger partial charge on any atom is -0.507 e. The van der Waals surface area contributed by atoms with E-state index in [-0.39, 0.29) is 18.4 Å². The van der Waals surface area contributed by atoms with Crippen LogP contribution in [0.1, 0.15) is 18.0 Å². The van der Waals surface area contributed by atoms with Gasteiger partial charge in [0.25, 0.3) is 0 Å². The van der Waals surface area contributed by atoms with Gasteiger partial charge in [0.05, 0.1) is 3.57 Å². The van der Waals surface area contributed by atoms with Gasteiger partial charge in [0, 0.05) is 12.6 Å². The molecule has 0 fully saturated rings. The molecule has 1 aromatic rings. The average Bonchev–Trinajstić information content (AvgIpc) is 2.10. The van der Waals surface area contributed by atoms with Crippen molar-refractivity contribution in [1.82, 2.24) is 0 Å². The van der Waals surface area contributed by atoms with Gasteiger partial charge in [-0.25, -0.2) is 0 Å². The smallest absolute Gasteiger partial charge is 0.129 e. The summed E-state index contributed by atoms with van der Waals surface area (Å²) in [6, 6.07) is 5.11. The molecular formula is C9H12INO2. The molecule has 13 heavy (non-hydrogen) atoms. The fourth-order valence-electron chi connectivity index (χ4n) is 1.07. The van der Waals surface area contributed by atoms with Crippen LogP contribution in [0.25, 0.3) is 0 Å². The maximum absolute atomic E-state index is 9.39. The van der Waals surface area contributed by atoms with Gasteiger partial charge in [-0.1, -0.05) is 6.07 Å². The predicted molar refractivity (Wildman–Crippen MR) is 59.5 cm³/mol. The second kappa shape index (κ2) is 4.78. The van der Waals surface area contributed by atoms with E-state index >= 15 is 0 Å². The van der Waals surface area contributed by atoms with Crippen molar-refractivity contribution in [3.8, 4) is 5.75 Å². The van der Waals surface area contributed by atoms with Crippen LogP contribution in [0, 0.1) is 3.57 Å². The number of halogens is 1. The van der Waals surface area contributed by atoms with Crippen molar-refractivity contribution in [3.63, 3.8) is 0 Å². The van der Waals surface area contributed by atoms with E-state index in [4.69, 9.17) is 10.8 Å². The average molecular weight is 293 g/mol. The fourth-order valence-corrected chi connectivity index (χ4v) is 1.40. The number of nitrogens with two attached hydrogens (primary N) is 1. The largest absolute Gasteiger partial charge is 0.507 e. The van der Waals surface area contributed by atoms with Gasteiger partial charge in [-0.05, 0) is 46.7 Å². The van der Waals surface area contributed by atoms with E-state index < -0.39 is 0 Å². The Morgan fingerprint density at radius 3 is 2.69 bits per heavy atom. The van der Waals surface area contributed by atoms with Gasteiger partial charge in [0.15, 0.2) is 0 Å². The molecule has 0 bridgehead atoms. The third-order valence-corrected chi connectivity index (χ3v) is 2.75. The molecule has 4 heteroatoms. The molecular weight excluding hydrogens is 281 g/mol. The summed E-state index contributed by atoms with van der Waals surface area (Å²) in [4.78, 5) is 0. The number of aliphatic hydroxyl groups is 1. The first-order valence-electron chi connectivity index (χ1n) is 4.00. The maximum Gasteiger partial charge on any atom is 0.129 e. The Morgan fingerprint density at radius 1 is 1.46 bits per heavy atom. The second-order valence-electron chi connectivity index (χ2n) is 2.83. The van der Waals surface area contributed by atoms with Gasteiger partial charge in [-0.2, -0.15) is 0 Å². The zero-order chi connectivity index (χ0) is 9.84. The molecule has 1 atom stereocenters. The van der Waals surface area contributed by atoms with Crippen molar-refractivity contribution in [2.45, 2.75) is 12.5 Å². The number of aliphatic hydroxyl groups excluding tert-OH is 1. The number of phenolic OH excluding ortho intramolecular Hbond substituents is 1. The van der Waals surface area contributed by atoms with Gasteiger partial charge >= 0.3 is 0 Å². The lowest BCUT2D eigenvalue weighted by molar-refractivity contribution is 0.276. The van der Waals surface area contributed by atoms with E-state index in [0.29, 0.717) is 6.42 Å². The lowest BCUT2D eigenvalue weighted by Crippen LogP contribution is -2.11. The molecule has 72 valence electrons. The van der Waals surface area contributed by atoms with Gasteiger partial charge in [-0.3, -0.25) is 0 Å². The molecule has 0 aromatic heterocycles. The molecule has 0 aliphatic rings. The van der Waals surface area contributed by atoms with Crippen molar-refractivity contribution in [1.29, 1.82) is 0 Å². The Morgan fingerprint density at radius 2 is 2.15 bits per heavy atom. The molecule has 0 heterocycles. The van der Waals surface area contributed by atoms with Gasteiger partial charge < -0.3 is 15.9 Å². The number of hydrogen-bond donors (Lipinski definition) is 3. The first kappa shape index (κ1) is 10.7. The van der Waals surface area contributed by atoms with Gasteiger partial charge in [0.1, 0.15) is 5.75 Å². The molecule has 1 rings (SSSR count). The van der Waals surface area contributed by atoms with Crippen LogP contribution in [0.3, 0.4) is 0 Å². The molecule has 0 unspecified atom stereocenters. The number of hydrogen-bond acceptors (Lipinski definition) is 3. The van der Waals surface area contributed by atoms with Crippen LogP contribution in [-0.4, -0.2) is 16.8 Å². The highest BCUT2D eigenvalue weighted by Crippen LogP contribution is 2.24. The zero-order valence-electron chi connectivity index (χ0n) is 7.07. The van der Waals surface area contributed by atoms with E-state index in [2.05, 4.69) is 0 Å². The van der Waals surface area contributed by atoms with E-state index in [0.717, 1.165) is 9.13 Å². The van der Waals surface area contributed by atoms with Crippen molar-refractivity contribution in [2.75, 3.05) is 6.61 Å². The Hall–Kier alpha value is -0.330. The van der Waals surface area contributed by atoms with Gasteiger partial charge in [0.2, 0.25) is 0 Å². The molecule has 1 aromatic carbocycles. The lowest BCUT2D eigenvalue weighted by Gasteiger charge is -2.10. The first-order valence-corrected chi connectivity index (χ1v) is 5.08. The fraction of sp³-hybridized carbons (Fsp3) is 0.333. The van der Waals surface area contributed by atoms with Crippen LogP contribution < -0.4 is 5.73 Å². The van der Waals surface area contributed by atoms with Crippen LogP contribution in [-0.2, 0) is 0 Å². The van der Waals surface area contributed by atoms with Crippen LogP contribution in [0.5, 0.6) is 5.75 Å². The Balaban J connectivity index is 2.84. The summed E-state index contributed by atoms with van der Waals surface area (Å²) in [7, 11) is 0. The van der Waals surface area contributed by atoms with Crippen molar-refractivity contribution in [2.24, 2.45) is 5.73 Å². The zero-order valence-corrected chi connectivity index (χ0v) is 9.23. The maximum atomic E-state index is 9.39. The summed E-state index contributed by atoms with van der Waals surface area (Å²) in [6.07, 6.45) is 0.514. The van der Waals surface area contributed by atoms with E-state index in [1.54, 1.807) is 6.07 Å². The Labute approximate surface area is 90.7 Å². The van der Waals surface area contributed by atoms with E-state index in [1.807, 2.05) is 34.7 Å². The third kappa shape index (κ3) is 2.82. The molecule has 4 N–H and O–H groups in total. The number of benzene rings is 1. The Bertz CT molecular complexity index is 291. The van der Waals surface area contributed by atoms with Crippen LogP contribution in [0.15, 0.2) is 18.2 Å². The van der Waals surface area contributed by atoms with Crippen molar-refractivity contribution < 1.29 is 10.2 Å². The summed E-state index contributed by atoms with van der Waals surface area (Å²) in [5, 5.41) is 18.1. The summed E-state index contributed by atoms with van der Waals surface area (Å²) in [5.74, 6) is 0.242. The molecule has 0 aliphatic heterocycles. The van der Waals surface area contributed by atoms with Gasteiger partial charge in [-0.15, -0.1) is 0 Å². The molecule has 0 radical (unpaired) electrons. The molecule has 0 saturated carbocycles. The quantitative estimate of drug-likeness (QED) is 0.738. The van der Waals surface area contributed by atoms with E-state index in [9.17, 15) is 5.11 Å².